The van der Waals surface area contributed by atoms with E-state index in [1.54, 1.807) is 16.7 Å². The van der Waals surface area contributed by atoms with Crippen molar-refractivity contribution in [2.75, 3.05) is 12.4 Å². The molecular weight excluding hydrogens is 364 g/mol. The van der Waals surface area contributed by atoms with Crippen molar-refractivity contribution in [3.8, 4) is 0 Å². The van der Waals surface area contributed by atoms with Gasteiger partial charge >= 0.3 is 5.97 Å². The van der Waals surface area contributed by atoms with Crippen molar-refractivity contribution in [1.82, 2.24) is 10.2 Å². The molecular formula is C20H24N2O4S. The van der Waals surface area contributed by atoms with Crippen molar-refractivity contribution >= 4 is 29.5 Å². The fourth-order valence-corrected chi connectivity index (χ4v) is 5.78. The van der Waals surface area contributed by atoms with Gasteiger partial charge in [0.15, 0.2) is 6.61 Å². The van der Waals surface area contributed by atoms with Gasteiger partial charge in [0.2, 0.25) is 5.91 Å². The molecule has 0 saturated carbocycles. The average Bonchev–Trinajstić information content (AvgIpc) is 3.16. The van der Waals surface area contributed by atoms with E-state index in [0.29, 0.717) is 12.2 Å². The Morgan fingerprint density at radius 1 is 1.33 bits per heavy atom. The van der Waals surface area contributed by atoms with Gasteiger partial charge < -0.3 is 15.0 Å². The van der Waals surface area contributed by atoms with Crippen molar-refractivity contribution < 1.29 is 19.1 Å². The Labute approximate surface area is 163 Å². The lowest BCUT2D eigenvalue weighted by Gasteiger charge is -2.29. The summed E-state index contributed by atoms with van der Waals surface area (Å²) in [6.45, 7) is 1.68. The van der Waals surface area contributed by atoms with Crippen LogP contribution in [0.25, 0.3) is 0 Å². The van der Waals surface area contributed by atoms with E-state index in [0.717, 1.165) is 31.2 Å². The van der Waals surface area contributed by atoms with E-state index in [2.05, 4.69) is 11.4 Å². The molecule has 2 amide bonds. The fraction of sp³-hybridized carbons (Fsp3) is 0.550. The van der Waals surface area contributed by atoms with E-state index in [1.807, 2.05) is 25.1 Å². The van der Waals surface area contributed by atoms with E-state index in [1.165, 1.54) is 5.56 Å². The molecule has 0 aromatic heterocycles. The fourth-order valence-electron chi connectivity index (χ4n) is 4.37. The number of hydrogen-bond donors (Lipinski definition) is 1. The first-order chi connectivity index (χ1) is 13.0. The summed E-state index contributed by atoms with van der Waals surface area (Å²) in [5.41, 5.74) is 2.41. The number of nitrogens with zero attached hydrogens (tertiary/aromatic N) is 1. The van der Waals surface area contributed by atoms with Gasteiger partial charge in [-0.3, -0.25) is 9.59 Å². The lowest BCUT2D eigenvalue weighted by molar-refractivity contribution is -0.156. The maximum atomic E-state index is 12.5. The van der Waals surface area contributed by atoms with E-state index in [-0.39, 0.29) is 29.3 Å². The molecule has 27 heavy (non-hydrogen) atoms. The van der Waals surface area contributed by atoms with Crippen LogP contribution in [0.2, 0.25) is 0 Å². The minimum Gasteiger partial charge on any atom is -0.454 e. The van der Waals surface area contributed by atoms with Crippen molar-refractivity contribution in [3.05, 3.63) is 35.4 Å². The highest BCUT2D eigenvalue weighted by Gasteiger charge is 2.53. The monoisotopic (exact) mass is 388 g/mol. The second-order valence-electron chi connectivity index (χ2n) is 7.58. The van der Waals surface area contributed by atoms with E-state index >= 15 is 0 Å². The Kier molecular flexibility index (Phi) is 4.88. The molecule has 0 bridgehead atoms. The second-order valence-corrected chi connectivity index (χ2v) is 9.09. The molecule has 2 fully saturated rings. The van der Waals surface area contributed by atoms with Gasteiger partial charge in [-0.1, -0.05) is 24.3 Å². The summed E-state index contributed by atoms with van der Waals surface area (Å²) in [5.74, 6) is -0.266. The Morgan fingerprint density at radius 2 is 2.15 bits per heavy atom. The lowest BCUT2D eigenvalue weighted by Crippen LogP contribution is -2.47. The summed E-state index contributed by atoms with van der Waals surface area (Å²) < 4.78 is 5.26. The molecule has 2 saturated heterocycles. The van der Waals surface area contributed by atoms with E-state index in [4.69, 9.17) is 4.74 Å². The van der Waals surface area contributed by atoms with Crippen LogP contribution in [-0.4, -0.2) is 46.0 Å². The zero-order valence-corrected chi connectivity index (χ0v) is 16.2. The summed E-state index contributed by atoms with van der Waals surface area (Å²) in [5, 5.41) is 2.98. The SMILES string of the molecule is C[C@]12CCC(=O)N1[C@H](C(=O)OCC(=O)N[C@@H]1CCCc3ccccc31)CS2. The number of benzene rings is 1. The highest BCUT2D eigenvalue weighted by molar-refractivity contribution is 8.01. The molecule has 1 aromatic rings. The number of thioether (sulfide) groups is 1. The third-order valence-corrected chi connectivity index (χ3v) is 7.27. The van der Waals surface area contributed by atoms with Gasteiger partial charge in [0, 0.05) is 12.2 Å². The summed E-state index contributed by atoms with van der Waals surface area (Å²) in [6, 6.07) is 7.50. The predicted molar refractivity (Wildman–Crippen MR) is 102 cm³/mol. The molecule has 0 unspecified atom stereocenters. The molecule has 7 heteroatoms. The molecule has 6 nitrogen and oxygen atoms in total. The summed E-state index contributed by atoms with van der Waals surface area (Å²) >= 11 is 1.61. The van der Waals surface area contributed by atoms with Gasteiger partial charge in [-0.05, 0) is 43.7 Å². The van der Waals surface area contributed by atoms with Gasteiger partial charge in [-0.25, -0.2) is 4.79 Å². The molecule has 1 aliphatic carbocycles. The Bertz CT molecular complexity index is 783. The Hall–Kier alpha value is -2.02. The van der Waals surface area contributed by atoms with Crippen LogP contribution < -0.4 is 5.32 Å². The van der Waals surface area contributed by atoms with Crippen LogP contribution in [-0.2, 0) is 25.5 Å². The Morgan fingerprint density at radius 3 is 3.00 bits per heavy atom. The average molecular weight is 388 g/mol. The van der Waals surface area contributed by atoms with Gasteiger partial charge in [0.1, 0.15) is 6.04 Å². The molecule has 1 N–H and O–H groups in total. The van der Waals surface area contributed by atoms with Gasteiger partial charge in [0.25, 0.3) is 5.91 Å². The number of aryl methyl sites for hydroxylation is 1. The van der Waals surface area contributed by atoms with Crippen LogP contribution in [0.4, 0.5) is 0 Å². The predicted octanol–water partition coefficient (Wildman–Crippen LogP) is 2.18. The maximum absolute atomic E-state index is 12.5. The Balaban J connectivity index is 1.33. The van der Waals surface area contributed by atoms with Gasteiger partial charge in [-0.15, -0.1) is 11.8 Å². The molecule has 3 atom stereocenters. The quantitative estimate of drug-likeness (QED) is 0.800. The van der Waals surface area contributed by atoms with Crippen LogP contribution in [0.5, 0.6) is 0 Å². The minimum atomic E-state index is -0.585. The number of nitrogens with one attached hydrogen (secondary N) is 1. The molecule has 2 aliphatic heterocycles. The third kappa shape index (κ3) is 3.45. The van der Waals surface area contributed by atoms with Crippen LogP contribution in [0, 0.1) is 0 Å². The second kappa shape index (κ2) is 7.19. The molecule has 4 rings (SSSR count). The summed E-state index contributed by atoms with van der Waals surface area (Å²) in [4.78, 5) is 38.2. The number of ether oxygens (including phenoxy) is 1. The topological polar surface area (TPSA) is 75.7 Å². The van der Waals surface area contributed by atoms with Gasteiger partial charge in [-0.2, -0.15) is 0 Å². The number of fused-ring (bicyclic) bond motifs is 2. The largest absolute Gasteiger partial charge is 0.454 e. The van der Waals surface area contributed by atoms with Crippen LogP contribution in [0.15, 0.2) is 24.3 Å². The van der Waals surface area contributed by atoms with Crippen LogP contribution in [0.3, 0.4) is 0 Å². The maximum Gasteiger partial charge on any atom is 0.330 e. The van der Waals surface area contributed by atoms with E-state index < -0.39 is 12.0 Å². The third-order valence-electron chi connectivity index (χ3n) is 5.77. The molecule has 1 aromatic carbocycles. The first kappa shape index (κ1) is 18.3. The lowest BCUT2D eigenvalue weighted by atomic mass is 9.88. The van der Waals surface area contributed by atoms with Crippen molar-refractivity contribution in [2.45, 2.75) is 56.0 Å². The number of amides is 2. The molecule has 3 aliphatic rings. The number of esters is 1. The zero-order chi connectivity index (χ0) is 19.0. The van der Waals surface area contributed by atoms with Crippen LogP contribution >= 0.6 is 11.8 Å². The first-order valence-corrected chi connectivity index (χ1v) is 10.5. The first-order valence-electron chi connectivity index (χ1n) is 9.48. The van der Waals surface area contributed by atoms with Gasteiger partial charge in [0.05, 0.1) is 10.9 Å². The summed E-state index contributed by atoms with van der Waals surface area (Å²) in [6.07, 6.45) is 4.16. The number of carbonyl (C=O) groups excluding carboxylic acids is 3. The normalized spacial score (nSPS) is 29.2. The van der Waals surface area contributed by atoms with Crippen molar-refractivity contribution in [3.63, 3.8) is 0 Å². The number of rotatable bonds is 4. The van der Waals surface area contributed by atoms with Crippen molar-refractivity contribution in [2.24, 2.45) is 0 Å². The van der Waals surface area contributed by atoms with Crippen molar-refractivity contribution in [1.29, 1.82) is 0 Å². The molecule has 144 valence electrons. The minimum absolute atomic E-state index is 0.00675. The molecule has 0 radical (unpaired) electrons. The van der Waals surface area contributed by atoms with E-state index in [9.17, 15) is 14.4 Å². The molecule has 0 spiro atoms. The summed E-state index contributed by atoms with van der Waals surface area (Å²) in [7, 11) is 0. The molecule has 2 heterocycles. The highest BCUT2D eigenvalue weighted by atomic mass is 32.2. The number of carbonyl (C=O) groups is 3. The zero-order valence-electron chi connectivity index (χ0n) is 15.4. The highest BCUT2D eigenvalue weighted by Crippen LogP contribution is 2.47. The standard InChI is InChI=1S/C20H24N2O4S/c1-20-10-9-18(24)22(20)16(12-27-20)19(25)26-11-17(23)21-15-8-4-6-13-5-2-3-7-14(13)15/h2-3,5,7,15-16H,4,6,8-12H2,1H3,(H,21,23)/t15-,16+,20+/m1/s1. The number of hydrogen-bond acceptors (Lipinski definition) is 5. The smallest absolute Gasteiger partial charge is 0.330 e. The van der Waals surface area contributed by atoms with Crippen LogP contribution in [0.1, 0.15) is 49.8 Å².